The molecule has 0 amide bonds. The molecule has 1 aliphatic heterocycles. The van der Waals surface area contributed by atoms with Crippen molar-refractivity contribution >= 4 is 33.0 Å². The Labute approximate surface area is 158 Å². The fourth-order valence-corrected chi connectivity index (χ4v) is 5.38. The van der Waals surface area contributed by atoms with E-state index in [1.54, 1.807) is 11.3 Å². The molecule has 4 heteroatoms. The Morgan fingerprint density at radius 2 is 1.88 bits per heavy atom. The first-order valence-electron chi connectivity index (χ1n) is 9.41. The van der Waals surface area contributed by atoms with Crippen LogP contribution in [0.4, 0.5) is 5.69 Å². The van der Waals surface area contributed by atoms with Crippen molar-refractivity contribution in [2.75, 3.05) is 5.73 Å². The lowest BCUT2D eigenvalue weighted by Crippen LogP contribution is -2.29. The molecule has 2 aliphatic rings. The van der Waals surface area contributed by atoms with E-state index in [2.05, 4.69) is 44.2 Å². The average molecular weight is 362 g/mol. The largest absolute Gasteiger partial charge is 0.397 e. The number of nitrogens with two attached hydrogens (primary N) is 1. The van der Waals surface area contributed by atoms with Gasteiger partial charge in [0, 0.05) is 16.6 Å². The van der Waals surface area contributed by atoms with Crippen molar-refractivity contribution in [3.63, 3.8) is 0 Å². The van der Waals surface area contributed by atoms with Gasteiger partial charge in [0.2, 0.25) is 0 Å². The van der Waals surface area contributed by atoms with Gasteiger partial charge in [-0.05, 0) is 63.1 Å². The Hall–Kier alpha value is -2.20. The normalized spacial score (nSPS) is 18.3. The van der Waals surface area contributed by atoms with Crippen LogP contribution in [0.1, 0.15) is 54.0 Å². The number of rotatable bonds is 1. The van der Waals surface area contributed by atoms with E-state index in [1.807, 2.05) is 0 Å². The van der Waals surface area contributed by atoms with E-state index in [4.69, 9.17) is 15.7 Å². The molecule has 0 fully saturated rings. The van der Waals surface area contributed by atoms with Gasteiger partial charge in [-0.1, -0.05) is 24.3 Å². The number of aliphatic imine (C=N–C) groups is 1. The number of nitrogens with zero attached hydrogens (tertiary/aromatic N) is 2. The number of benzene rings is 1. The fourth-order valence-electron chi connectivity index (χ4n) is 4.28. The minimum Gasteiger partial charge on any atom is -0.397 e. The molecule has 3 aromatic rings. The summed E-state index contributed by atoms with van der Waals surface area (Å²) in [4.78, 5) is 12.2. The van der Waals surface area contributed by atoms with Crippen LogP contribution >= 0.6 is 11.3 Å². The van der Waals surface area contributed by atoms with E-state index >= 15 is 0 Å². The first-order chi connectivity index (χ1) is 12.5. The van der Waals surface area contributed by atoms with Crippen molar-refractivity contribution < 1.29 is 0 Å². The standard InChI is InChI=1S/C22H23N3S/c1-22(2)12-14-8-3-5-9-15(14)19(25-22)20-18(23)16-11-13-7-4-6-10-17(13)24-21(16)26-20/h3,5,8-9,11H,4,6-7,10,12,23H2,1-2H3. The summed E-state index contributed by atoms with van der Waals surface area (Å²) in [5.74, 6) is 0. The van der Waals surface area contributed by atoms with Gasteiger partial charge in [0.25, 0.3) is 0 Å². The van der Waals surface area contributed by atoms with Gasteiger partial charge >= 0.3 is 0 Å². The highest BCUT2D eigenvalue weighted by Gasteiger charge is 2.29. The summed E-state index contributed by atoms with van der Waals surface area (Å²) in [7, 11) is 0. The second-order valence-electron chi connectivity index (χ2n) is 8.11. The topological polar surface area (TPSA) is 51.3 Å². The summed E-state index contributed by atoms with van der Waals surface area (Å²) in [6.07, 6.45) is 5.68. The number of pyridine rings is 1. The number of aromatic nitrogens is 1. The second kappa shape index (κ2) is 5.65. The van der Waals surface area contributed by atoms with Crippen LogP contribution in [-0.2, 0) is 19.3 Å². The van der Waals surface area contributed by atoms with Crippen LogP contribution in [0.3, 0.4) is 0 Å². The smallest absolute Gasteiger partial charge is 0.126 e. The number of hydrogen-bond donors (Lipinski definition) is 1. The molecule has 0 radical (unpaired) electrons. The van der Waals surface area contributed by atoms with Crippen LogP contribution in [-0.4, -0.2) is 16.2 Å². The predicted molar refractivity (Wildman–Crippen MR) is 111 cm³/mol. The lowest BCUT2D eigenvalue weighted by Gasteiger charge is -2.28. The first-order valence-corrected chi connectivity index (χ1v) is 10.2. The molecular weight excluding hydrogens is 338 g/mol. The number of anilines is 1. The van der Waals surface area contributed by atoms with Gasteiger partial charge in [-0.2, -0.15) is 0 Å². The molecule has 26 heavy (non-hydrogen) atoms. The van der Waals surface area contributed by atoms with Crippen molar-refractivity contribution in [3.05, 3.63) is 57.6 Å². The van der Waals surface area contributed by atoms with Crippen molar-refractivity contribution in [3.8, 4) is 0 Å². The summed E-state index contributed by atoms with van der Waals surface area (Å²) in [5.41, 5.74) is 13.6. The third-order valence-corrected chi connectivity index (χ3v) is 6.65. The molecule has 1 aliphatic carbocycles. The van der Waals surface area contributed by atoms with Crippen molar-refractivity contribution in [2.24, 2.45) is 4.99 Å². The zero-order valence-corrected chi connectivity index (χ0v) is 16.1. The molecule has 3 heterocycles. The molecule has 3 nitrogen and oxygen atoms in total. The highest BCUT2D eigenvalue weighted by atomic mass is 32.1. The molecule has 0 atom stereocenters. The SMILES string of the molecule is CC1(C)Cc2ccccc2C(c2sc3nc4c(cc3c2N)CCCC4)=N1. The summed E-state index contributed by atoms with van der Waals surface area (Å²) in [6.45, 7) is 4.40. The van der Waals surface area contributed by atoms with Gasteiger partial charge in [0.15, 0.2) is 0 Å². The number of aryl methyl sites for hydroxylation is 2. The van der Waals surface area contributed by atoms with Crippen molar-refractivity contribution in [1.29, 1.82) is 0 Å². The molecule has 1 aromatic carbocycles. The monoisotopic (exact) mass is 361 g/mol. The lowest BCUT2D eigenvalue weighted by atomic mass is 9.86. The van der Waals surface area contributed by atoms with Gasteiger partial charge in [0.05, 0.1) is 21.8 Å². The Morgan fingerprint density at radius 3 is 2.77 bits per heavy atom. The molecule has 2 N–H and O–H groups in total. The zero-order valence-electron chi connectivity index (χ0n) is 15.3. The number of nitrogen functional groups attached to an aromatic ring is 1. The molecule has 0 saturated heterocycles. The first kappa shape index (κ1) is 16.0. The van der Waals surface area contributed by atoms with Crippen LogP contribution < -0.4 is 5.73 Å². The van der Waals surface area contributed by atoms with Crippen molar-refractivity contribution in [1.82, 2.24) is 4.98 Å². The lowest BCUT2D eigenvalue weighted by molar-refractivity contribution is 0.514. The highest BCUT2D eigenvalue weighted by molar-refractivity contribution is 7.21. The van der Waals surface area contributed by atoms with E-state index in [9.17, 15) is 0 Å². The number of hydrogen-bond acceptors (Lipinski definition) is 4. The third kappa shape index (κ3) is 2.47. The van der Waals surface area contributed by atoms with E-state index in [-0.39, 0.29) is 5.54 Å². The Balaban J connectivity index is 1.73. The number of fused-ring (bicyclic) bond motifs is 3. The summed E-state index contributed by atoms with van der Waals surface area (Å²) >= 11 is 1.70. The minimum atomic E-state index is -0.112. The van der Waals surface area contributed by atoms with Crippen LogP contribution in [0, 0.1) is 0 Å². The number of thiophene rings is 1. The van der Waals surface area contributed by atoms with Gasteiger partial charge in [0.1, 0.15) is 4.83 Å². The van der Waals surface area contributed by atoms with E-state index in [0.29, 0.717) is 0 Å². The Bertz CT molecular complexity index is 1060. The third-order valence-electron chi connectivity index (χ3n) is 5.52. The van der Waals surface area contributed by atoms with Crippen LogP contribution in [0.25, 0.3) is 10.2 Å². The molecule has 0 bridgehead atoms. The summed E-state index contributed by atoms with van der Waals surface area (Å²) in [5, 5.41) is 1.11. The summed E-state index contributed by atoms with van der Waals surface area (Å²) < 4.78 is 0. The molecule has 5 rings (SSSR count). The molecule has 0 spiro atoms. The summed E-state index contributed by atoms with van der Waals surface area (Å²) in [6, 6.07) is 10.9. The quantitative estimate of drug-likeness (QED) is 0.668. The van der Waals surface area contributed by atoms with Gasteiger partial charge in [-0.15, -0.1) is 11.3 Å². The van der Waals surface area contributed by atoms with E-state index < -0.39 is 0 Å². The van der Waals surface area contributed by atoms with Crippen molar-refractivity contribution in [2.45, 2.75) is 51.5 Å². The highest BCUT2D eigenvalue weighted by Crippen LogP contribution is 2.39. The minimum absolute atomic E-state index is 0.112. The molecule has 2 aromatic heterocycles. The molecule has 132 valence electrons. The van der Waals surface area contributed by atoms with Gasteiger partial charge in [-0.3, -0.25) is 4.99 Å². The van der Waals surface area contributed by atoms with Crippen LogP contribution in [0.15, 0.2) is 35.3 Å². The van der Waals surface area contributed by atoms with Crippen LogP contribution in [0.5, 0.6) is 0 Å². The maximum absolute atomic E-state index is 6.64. The van der Waals surface area contributed by atoms with E-state index in [0.717, 1.165) is 45.8 Å². The Morgan fingerprint density at radius 1 is 1.08 bits per heavy atom. The average Bonchev–Trinajstić information content (AvgIpc) is 2.94. The second-order valence-corrected chi connectivity index (χ2v) is 9.10. The Kier molecular flexibility index (Phi) is 3.48. The predicted octanol–water partition coefficient (Wildman–Crippen LogP) is 4.93. The molecule has 0 unspecified atom stereocenters. The van der Waals surface area contributed by atoms with Gasteiger partial charge in [-0.25, -0.2) is 4.98 Å². The molecular formula is C22H23N3S. The maximum atomic E-state index is 6.64. The maximum Gasteiger partial charge on any atom is 0.126 e. The van der Waals surface area contributed by atoms with Crippen LogP contribution in [0.2, 0.25) is 0 Å². The fraction of sp³-hybridized carbons (Fsp3) is 0.364. The zero-order chi connectivity index (χ0) is 17.9. The van der Waals surface area contributed by atoms with Gasteiger partial charge < -0.3 is 5.73 Å². The molecule has 0 saturated carbocycles. The van der Waals surface area contributed by atoms with E-state index in [1.165, 1.54) is 35.2 Å².